The highest BCUT2D eigenvalue weighted by molar-refractivity contribution is 5.69. The predicted octanol–water partition coefficient (Wildman–Crippen LogP) is 3.63. The van der Waals surface area contributed by atoms with Gasteiger partial charge in [0.25, 0.3) is 0 Å². The van der Waals surface area contributed by atoms with Crippen LogP contribution >= 0.6 is 0 Å². The molecule has 0 unspecified atom stereocenters. The molecule has 1 fully saturated rings. The Morgan fingerprint density at radius 1 is 1.19 bits per heavy atom. The van der Waals surface area contributed by atoms with Gasteiger partial charge in [-0.1, -0.05) is 30.3 Å². The van der Waals surface area contributed by atoms with Crippen LogP contribution in [0.5, 0.6) is 0 Å². The standard InChI is InChI=1S/C18H27NO2/c1-19(14-16-6-4-3-5-7-16)17-11-8-15(9-12-17)10-13-18(20)21-2/h3-7,15,17H,8-14H2,1-2H3. The van der Waals surface area contributed by atoms with Gasteiger partial charge in [0.15, 0.2) is 0 Å². The Hall–Kier alpha value is -1.35. The number of carbonyl (C=O) groups is 1. The van der Waals surface area contributed by atoms with E-state index in [0.29, 0.717) is 18.4 Å². The number of carbonyl (C=O) groups excluding carboxylic acids is 1. The first-order valence-corrected chi connectivity index (χ1v) is 8.00. The molecule has 0 atom stereocenters. The van der Waals surface area contributed by atoms with Crippen molar-refractivity contribution in [2.45, 2.75) is 51.1 Å². The number of ether oxygens (including phenoxy) is 1. The first-order valence-electron chi connectivity index (χ1n) is 8.00. The molecule has 1 aromatic rings. The smallest absolute Gasteiger partial charge is 0.305 e. The summed E-state index contributed by atoms with van der Waals surface area (Å²) in [4.78, 5) is 13.7. The Bertz CT molecular complexity index is 424. The van der Waals surface area contributed by atoms with Gasteiger partial charge in [-0.2, -0.15) is 0 Å². The highest BCUT2D eigenvalue weighted by Crippen LogP contribution is 2.30. The van der Waals surface area contributed by atoms with E-state index in [4.69, 9.17) is 4.74 Å². The third-order valence-electron chi connectivity index (χ3n) is 4.70. The highest BCUT2D eigenvalue weighted by atomic mass is 16.5. The fourth-order valence-corrected chi connectivity index (χ4v) is 3.30. The van der Waals surface area contributed by atoms with Crippen LogP contribution in [0.2, 0.25) is 0 Å². The van der Waals surface area contributed by atoms with Crippen molar-refractivity contribution in [3.63, 3.8) is 0 Å². The van der Waals surface area contributed by atoms with E-state index in [0.717, 1.165) is 13.0 Å². The van der Waals surface area contributed by atoms with E-state index in [1.165, 1.54) is 38.4 Å². The molecular formula is C18H27NO2. The van der Waals surface area contributed by atoms with Crippen molar-refractivity contribution in [3.05, 3.63) is 35.9 Å². The lowest BCUT2D eigenvalue weighted by Crippen LogP contribution is -2.34. The Morgan fingerprint density at radius 3 is 2.48 bits per heavy atom. The van der Waals surface area contributed by atoms with Crippen LogP contribution < -0.4 is 0 Å². The van der Waals surface area contributed by atoms with Crippen molar-refractivity contribution in [2.75, 3.05) is 14.2 Å². The van der Waals surface area contributed by atoms with Gasteiger partial charge >= 0.3 is 5.97 Å². The second-order valence-electron chi connectivity index (χ2n) is 6.19. The summed E-state index contributed by atoms with van der Waals surface area (Å²) in [6.45, 7) is 1.03. The quantitative estimate of drug-likeness (QED) is 0.749. The second kappa shape index (κ2) is 8.18. The van der Waals surface area contributed by atoms with Gasteiger partial charge in [0.05, 0.1) is 7.11 Å². The fraction of sp³-hybridized carbons (Fsp3) is 0.611. The molecule has 0 bridgehead atoms. The number of esters is 1. The summed E-state index contributed by atoms with van der Waals surface area (Å²) in [5.41, 5.74) is 1.38. The predicted molar refractivity (Wildman–Crippen MR) is 84.9 cm³/mol. The largest absolute Gasteiger partial charge is 0.469 e. The number of benzene rings is 1. The maximum atomic E-state index is 11.2. The summed E-state index contributed by atoms with van der Waals surface area (Å²) in [7, 11) is 3.70. The Kier molecular flexibility index (Phi) is 6.24. The van der Waals surface area contributed by atoms with Crippen LogP contribution in [0.25, 0.3) is 0 Å². The molecule has 0 N–H and O–H groups in total. The molecule has 1 aliphatic carbocycles. The van der Waals surface area contributed by atoms with E-state index in [2.05, 4.69) is 42.3 Å². The van der Waals surface area contributed by atoms with E-state index in [1.54, 1.807) is 0 Å². The minimum Gasteiger partial charge on any atom is -0.469 e. The van der Waals surface area contributed by atoms with Crippen molar-refractivity contribution in [3.8, 4) is 0 Å². The Balaban J connectivity index is 1.72. The summed E-state index contributed by atoms with van der Waals surface area (Å²) in [5, 5.41) is 0. The molecule has 0 saturated heterocycles. The summed E-state index contributed by atoms with van der Waals surface area (Å²) < 4.78 is 4.72. The van der Waals surface area contributed by atoms with Crippen molar-refractivity contribution in [1.29, 1.82) is 0 Å². The second-order valence-corrected chi connectivity index (χ2v) is 6.19. The fourth-order valence-electron chi connectivity index (χ4n) is 3.30. The summed E-state index contributed by atoms with van der Waals surface area (Å²) in [5.74, 6) is 0.629. The van der Waals surface area contributed by atoms with Crippen LogP contribution in [0.1, 0.15) is 44.1 Å². The van der Waals surface area contributed by atoms with Crippen LogP contribution in [-0.4, -0.2) is 31.1 Å². The molecule has 21 heavy (non-hydrogen) atoms. The topological polar surface area (TPSA) is 29.5 Å². The van der Waals surface area contributed by atoms with Gasteiger partial charge in [-0.05, 0) is 50.6 Å². The number of rotatable bonds is 6. The maximum absolute atomic E-state index is 11.2. The lowest BCUT2D eigenvalue weighted by atomic mass is 9.83. The average molecular weight is 289 g/mol. The van der Waals surface area contributed by atoms with Gasteiger partial charge < -0.3 is 4.74 Å². The molecule has 3 heteroatoms. The third-order valence-corrected chi connectivity index (χ3v) is 4.70. The lowest BCUT2D eigenvalue weighted by Gasteiger charge is -2.34. The first kappa shape index (κ1) is 16.0. The van der Waals surface area contributed by atoms with E-state index in [1.807, 2.05) is 0 Å². The molecule has 0 aliphatic heterocycles. The third kappa shape index (κ3) is 5.16. The molecule has 1 aromatic carbocycles. The molecule has 2 rings (SSSR count). The van der Waals surface area contributed by atoms with Crippen LogP contribution in [0.4, 0.5) is 0 Å². The molecule has 3 nitrogen and oxygen atoms in total. The molecule has 0 aromatic heterocycles. The zero-order valence-electron chi connectivity index (χ0n) is 13.3. The number of hydrogen-bond donors (Lipinski definition) is 0. The zero-order valence-corrected chi connectivity index (χ0v) is 13.3. The molecule has 0 spiro atoms. The van der Waals surface area contributed by atoms with Gasteiger partial charge in [0.2, 0.25) is 0 Å². The summed E-state index contributed by atoms with van der Waals surface area (Å²) in [6.07, 6.45) is 6.53. The van der Waals surface area contributed by atoms with Gasteiger partial charge in [0.1, 0.15) is 0 Å². The van der Waals surface area contributed by atoms with Crippen LogP contribution in [0.15, 0.2) is 30.3 Å². The van der Waals surface area contributed by atoms with Crippen molar-refractivity contribution in [2.24, 2.45) is 5.92 Å². The molecule has 0 heterocycles. The lowest BCUT2D eigenvalue weighted by molar-refractivity contribution is -0.141. The van der Waals surface area contributed by atoms with Crippen LogP contribution in [0.3, 0.4) is 0 Å². The van der Waals surface area contributed by atoms with Gasteiger partial charge in [-0.15, -0.1) is 0 Å². The van der Waals surface area contributed by atoms with Crippen molar-refractivity contribution < 1.29 is 9.53 Å². The number of methoxy groups -OCH3 is 1. The van der Waals surface area contributed by atoms with Crippen molar-refractivity contribution >= 4 is 5.97 Å². The van der Waals surface area contributed by atoms with E-state index < -0.39 is 0 Å². The molecule has 116 valence electrons. The minimum atomic E-state index is -0.0710. The van der Waals surface area contributed by atoms with Gasteiger partial charge in [-0.3, -0.25) is 9.69 Å². The average Bonchev–Trinajstić information content (AvgIpc) is 2.54. The zero-order chi connectivity index (χ0) is 15.1. The molecule has 1 saturated carbocycles. The number of nitrogens with zero attached hydrogens (tertiary/aromatic N) is 1. The maximum Gasteiger partial charge on any atom is 0.305 e. The Morgan fingerprint density at radius 2 is 1.86 bits per heavy atom. The Labute approximate surface area is 128 Å². The first-order chi connectivity index (χ1) is 10.2. The van der Waals surface area contributed by atoms with Crippen LogP contribution in [0, 0.1) is 5.92 Å². The molecule has 0 amide bonds. The normalized spacial score (nSPS) is 22.2. The van der Waals surface area contributed by atoms with Gasteiger partial charge in [0, 0.05) is 19.0 Å². The number of hydrogen-bond acceptors (Lipinski definition) is 3. The SMILES string of the molecule is COC(=O)CCC1CCC(N(C)Cc2ccccc2)CC1. The molecular weight excluding hydrogens is 262 g/mol. The summed E-state index contributed by atoms with van der Waals surface area (Å²) >= 11 is 0. The van der Waals surface area contributed by atoms with E-state index >= 15 is 0 Å². The van der Waals surface area contributed by atoms with Crippen LogP contribution in [-0.2, 0) is 16.1 Å². The molecule has 0 radical (unpaired) electrons. The van der Waals surface area contributed by atoms with Gasteiger partial charge in [-0.25, -0.2) is 0 Å². The highest BCUT2D eigenvalue weighted by Gasteiger charge is 2.24. The molecule has 1 aliphatic rings. The van der Waals surface area contributed by atoms with E-state index in [-0.39, 0.29) is 5.97 Å². The minimum absolute atomic E-state index is 0.0710. The summed E-state index contributed by atoms with van der Waals surface area (Å²) in [6, 6.07) is 11.3. The van der Waals surface area contributed by atoms with Crippen molar-refractivity contribution in [1.82, 2.24) is 4.90 Å². The van der Waals surface area contributed by atoms with E-state index in [9.17, 15) is 4.79 Å². The monoisotopic (exact) mass is 289 g/mol.